The van der Waals surface area contributed by atoms with E-state index in [4.69, 9.17) is 0 Å². The molecule has 2 aromatic heterocycles. The summed E-state index contributed by atoms with van der Waals surface area (Å²) < 4.78 is 2.96. The standard InChI is InChI=1S/C18H16N4OS/c1-11(22-10-19-14-5-3-4-6-16(14)22)18(23)21-13-7-8-15-17(9-13)24-12(2)20-15/h3-11H,1-2H3,(H,21,23)/t11-/m1/s1. The fourth-order valence-electron chi connectivity index (χ4n) is 2.78. The van der Waals surface area contributed by atoms with Crippen LogP contribution in [0.3, 0.4) is 0 Å². The third-order valence-electron chi connectivity index (χ3n) is 4.04. The highest BCUT2D eigenvalue weighted by molar-refractivity contribution is 7.18. The first-order chi connectivity index (χ1) is 11.6. The molecule has 0 aliphatic heterocycles. The van der Waals surface area contributed by atoms with E-state index in [-0.39, 0.29) is 11.9 Å². The van der Waals surface area contributed by atoms with Gasteiger partial charge >= 0.3 is 0 Å². The van der Waals surface area contributed by atoms with Gasteiger partial charge in [0.2, 0.25) is 5.91 Å². The maximum atomic E-state index is 12.6. The molecule has 5 nitrogen and oxygen atoms in total. The summed E-state index contributed by atoms with van der Waals surface area (Å²) >= 11 is 1.62. The van der Waals surface area contributed by atoms with Crippen LogP contribution in [0.25, 0.3) is 21.3 Å². The van der Waals surface area contributed by atoms with E-state index < -0.39 is 0 Å². The van der Waals surface area contributed by atoms with Crippen LogP contribution in [-0.2, 0) is 4.79 Å². The second-order valence-electron chi connectivity index (χ2n) is 5.72. The molecule has 1 N–H and O–H groups in total. The van der Waals surface area contributed by atoms with E-state index in [1.165, 1.54) is 0 Å². The van der Waals surface area contributed by atoms with Gasteiger partial charge in [0.1, 0.15) is 6.04 Å². The Morgan fingerprint density at radius 1 is 1.21 bits per heavy atom. The van der Waals surface area contributed by atoms with Gasteiger partial charge < -0.3 is 9.88 Å². The van der Waals surface area contributed by atoms with E-state index in [1.54, 1.807) is 17.7 Å². The molecule has 0 unspecified atom stereocenters. The Bertz CT molecular complexity index is 1050. The average Bonchev–Trinajstić information content (AvgIpc) is 3.16. The molecule has 0 aliphatic carbocycles. The van der Waals surface area contributed by atoms with E-state index in [0.29, 0.717) is 0 Å². The minimum Gasteiger partial charge on any atom is -0.324 e. The molecular weight excluding hydrogens is 320 g/mol. The summed E-state index contributed by atoms with van der Waals surface area (Å²) in [5.74, 6) is -0.0706. The van der Waals surface area contributed by atoms with Gasteiger partial charge in [0.25, 0.3) is 0 Å². The van der Waals surface area contributed by atoms with Crippen molar-refractivity contribution >= 4 is 44.2 Å². The lowest BCUT2D eigenvalue weighted by atomic mass is 10.2. The number of para-hydroxylation sites is 2. The fraction of sp³-hybridized carbons (Fsp3) is 0.167. The Balaban J connectivity index is 1.60. The average molecular weight is 336 g/mol. The number of carbonyl (C=O) groups excluding carboxylic acids is 1. The number of hydrogen-bond donors (Lipinski definition) is 1. The normalized spacial score (nSPS) is 12.6. The number of amides is 1. The Kier molecular flexibility index (Phi) is 3.54. The number of aryl methyl sites for hydroxylation is 1. The van der Waals surface area contributed by atoms with Gasteiger partial charge in [-0.25, -0.2) is 9.97 Å². The summed E-state index contributed by atoms with van der Waals surface area (Å²) in [7, 11) is 0. The molecule has 0 spiro atoms. The van der Waals surface area contributed by atoms with E-state index in [2.05, 4.69) is 15.3 Å². The van der Waals surface area contributed by atoms with Crippen LogP contribution in [0, 0.1) is 6.92 Å². The molecule has 120 valence electrons. The van der Waals surface area contributed by atoms with Crippen molar-refractivity contribution in [2.24, 2.45) is 0 Å². The van der Waals surface area contributed by atoms with Gasteiger partial charge in [-0.15, -0.1) is 11.3 Å². The molecule has 0 radical (unpaired) electrons. The summed E-state index contributed by atoms with van der Waals surface area (Å²) in [4.78, 5) is 21.4. The van der Waals surface area contributed by atoms with Crippen LogP contribution >= 0.6 is 11.3 Å². The van der Waals surface area contributed by atoms with E-state index in [0.717, 1.165) is 31.9 Å². The highest BCUT2D eigenvalue weighted by atomic mass is 32.1. The number of benzene rings is 2. The van der Waals surface area contributed by atoms with Crippen molar-refractivity contribution in [3.05, 3.63) is 53.8 Å². The molecular formula is C18H16N4OS. The van der Waals surface area contributed by atoms with Crippen molar-refractivity contribution in [2.45, 2.75) is 19.9 Å². The van der Waals surface area contributed by atoms with Crippen molar-refractivity contribution in [3.63, 3.8) is 0 Å². The van der Waals surface area contributed by atoms with Crippen LogP contribution in [0.4, 0.5) is 5.69 Å². The molecule has 0 aliphatic rings. The molecule has 1 amide bonds. The molecule has 4 rings (SSSR count). The van der Waals surface area contributed by atoms with Crippen LogP contribution in [-0.4, -0.2) is 20.4 Å². The second kappa shape index (κ2) is 5.72. The molecule has 2 aromatic carbocycles. The Labute approximate surface area is 143 Å². The van der Waals surface area contributed by atoms with Gasteiger partial charge in [0, 0.05) is 5.69 Å². The van der Waals surface area contributed by atoms with Crippen LogP contribution in [0.5, 0.6) is 0 Å². The van der Waals surface area contributed by atoms with Crippen molar-refractivity contribution in [1.82, 2.24) is 14.5 Å². The molecule has 24 heavy (non-hydrogen) atoms. The van der Waals surface area contributed by atoms with Gasteiger partial charge in [-0.3, -0.25) is 4.79 Å². The van der Waals surface area contributed by atoms with Gasteiger partial charge in [0.05, 0.1) is 32.6 Å². The molecule has 6 heteroatoms. The zero-order valence-electron chi connectivity index (χ0n) is 13.4. The zero-order chi connectivity index (χ0) is 16.7. The number of anilines is 1. The Morgan fingerprint density at radius 2 is 2.04 bits per heavy atom. The largest absolute Gasteiger partial charge is 0.324 e. The molecule has 0 saturated carbocycles. The quantitative estimate of drug-likeness (QED) is 0.611. The number of carbonyl (C=O) groups is 1. The van der Waals surface area contributed by atoms with E-state index in [1.807, 2.05) is 60.9 Å². The number of imidazole rings is 1. The molecule has 1 atom stereocenters. The number of fused-ring (bicyclic) bond motifs is 2. The zero-order valence-corrected chi connectivity index (χ0v) is 14.2. The Morgan fingerprint density at radius 3 is 2.92 bits per heavy atom. The lowest BCUT2D eigenvalue weighted by Gasteiger charge is -2.14. The minimum atomic E-state index is -0.351. The summed E-state index contributed by atoms with van der Waals surface area (Å²) in [6, 6.07) is 13.2. The topological polar surface area (TPSA) is 59.8 Å². The summed E-state index contributed by atoms with van der Waals surface area (Å²) in [6.07, 6.45) is 1.71. The SMILES string of the molecule is Cc1nc2ccc(NC(=O)[C@@H](C)n3cnc4ccccc43)cc2s1. The first kappa shape index (κ1) is 14.8. The first-order valence-electron chi connectivity index (χ1n) is 7.71. The van der Waals surface area contributed by atoms with Gasteiger partial charge in [0.15, 0.2) is 0 Å². The van der Waals surface area contributed by atoms with Crippen LogP contribution in [0.15, 0.2) is 48.8 Å². The monoisotopic (exact) mass is 336 g/mol. The number of nitrogens with zero attached hydrogens (tertiary/aromatic N) is 3. The molecule has 0 bridgehead atoms. The molecule has 0 saturated heterocycles. The number of hydrogen-bond acceptors (Lipinski definition) is 4. The Hall–Kier alpha value is -2.73. The van der Waals surface area contributed by atoms with Crippen molar-refractivity contribution in [3.8, 4) is 0 Å². The molecule has 4 aromatic rings. The number of aromatic nitrogens is 3. The number of rotatable bonds is 3. The third-order valence-corrected chi connectivity index (χ3v) is 4.97. The fourth-order valence-corrected chi connectivity index (χ4v) is 3.64. The van der Waals surface area contributed by atoms with Gasteiger partial charge in [-0.2, -0.15) is 0 Å². The van der Waals surface area contributed by atoms with Crippen LogP contribution < -0.4 is 5.32 Å². The van der Waals surface area contributed by atoms with E-state index >= 15 is 0 Å². The summed E-state index contributed by atoms with van der Waals surface area (Å²) in [6.45, 7) is 3.86. The lowest BCUT2D eigenvalue weighted by molar-refractivity contribution is -0.118. The third kappa shape index (κ3) is 2.55. The van der Waals surface area contributed by atoms with Crippen molar-refractivity contribution in [1.29, 1.82) is 0 Å². The lowest BCUT2D eigenvalue weighted by Crippen LogP contribution is -2.23. The maximum Gasteiger partial charge on any atom is 0.247 e. The summed E-state index contributed by atoms with van der Waals surface area (Å²) in [5.41, 5.74) is 3.59. The number of thiazole rings is 1. The van der Waals surface area contributed by atoms with Gasteiger partial charge in [-0.1, -0.05) is 12.1 Å². The van der Waals surface area contributed by atoms with Crippen LogP contribution in [0.1, 0.15) is 18.0 Å². The predicted molar refractivity (Wildman–Crippen MR) is 97.4 cm³/mol. The van der Waals surface area contributed by atoms with Crippen molar-refractivity contribution in [2.75, 3.05) is 5.32 Å². The highest BCUT2D eigenvalue weighted by Crippen LogP contribution is 2.25. The van der Waals surface area contributed by atoms with Gasteiger partial charge in [-0.05, 0) is 44.2 Å². The van der Waals surface area contributed by atoms with E-state index in [9.17, 15) is 4.79 Å². The molecule has 2 heterocycles. The summed E-state index contributed by atoms with van der Waals surface area (Å²) in [5, 5.41) is 4.01. The maximum absolute atomic E-state index is 12.6. The smallest absolute Gasteiger partial charge is 0.247 e. The predicted octanol–water partition coefficient (Wildman–Crippen LogP) is 4.15. The molecule has 0 fully saturated rings. The van der Waals surface area contributed by atoms with Crippen LogP contribution in [0.2, 0.25) is 0 Å². The highest BCUT2D eigenvalue weighted by Gasteiger charge is 2.17. The number of nitrogens with one attached hydrogen (secondary N) is 1. The first-order valence-corrected chi connectivity index (χ1v) is 8.53. The van der Waals surface area contributed by atoms with Crippen molar-refractivity contribution < 1.29 is 4.79 Å². The minimum absolute atomic E-state index is 0.0706. The second-order valence-corrected chi connectivity index (χ2v) is 6.96.